The Bertz CT molecular complexity index is 410. The molecule has 0 bridgehead atoms. The highest BCUT2D eigenvalue weighted by Crippen LogP contribution is 2.30. The van der Waals surface area contributed by atoms with Crippen molar-refractivity contribution in [3.8, 4) is 0 Å². The molecular weight excluding hydrogens is 232 g/mol. The highest BCUT2D eigenvalue weighted by Gasteiger charge is 2.38. The number of amides is 1. The van der Waals surface area contributed by atoms with Crippen molar-refractivity contribution in [3.63, 3.8) is 0 Å². The maximum Gasteiger partial charge on any atom is 0.425 e. The van der Waals surface area contributed by atoms with Crippen LogP contribution in [0.1, 0.15) is 39.1 Å². The second-order valence-electron chi connectivity index (χ2n) is 5.49. The number of aromatic nitrogens is 2. The summed E-state index contributed by atoms with van der Waals surface area (Å²) in [5.41, 5.74) is -0.492. The molecule has 100 valence electrons. The maximum absolute atomic E-state index is 12.2. The Balaban J connectivity index is 2.15. The normalized spacial score (nSPS) is 21.3. The number of hydrogen-bond donors (Lipinski definition) is 1. The monoisotopic (exact) mass is 252 g/mol. The van der Waals surface area contributed by atoms with Crippen LogP contribution in [0.4, 0.5) is 4.79 Å². The van der Waals surface area contributed by atoms with E-state index in [1.165, 1.54) is 0 Å². The van der Waals surface area contributed by atoms with Gasteiger partial charge in [-0.3, -0.25) is 0 Å². The molecule has 1 N–H and O–H groups in total. The molecule has 0 radical (unpaired) electrons. The number of hydrazine groups is 1. The van der Waals surface area contributed by atoms with Crippen LogP contribution in [-0.2, 0) is 4.74 Å². The Morgan fingerprint density at radius 3 is 2.83 bits per heavy atom. The van der Waals surface area contributed by atoms with Gasteiger partial charge in [-0.15, -0.1) is 0 Å². The minimum Gasteiger partial charge on any atom is -0.443 e. The van der Waals surface area contributed by atoms with Gasteiger partial charge in [0.25, 0.3) is 0 Å². The van der Waals surface area contributed by atoms with Crippen LogP contribution in [0.5, 0.6) is 0 Å². The third kappa shape index (κ3) is 2.64. The molecule has 6 nitrogen and oxygen atoms in total. The highest BCUT2D eigenvalue weighted by molar-refractivity contribution is 5.68. The van der Waals surface area contributed by atoms with Crippen molar-refractivity contribution in [1.29, 1.82) is 0 Å². The molecule has 0 spiro atoms. The van der Waals surface area contributed by atoms with Gasteiger partial charge in [-0.05, 0) is 27.2 Å². The summed E-state index contributed by atoms with van der Waals surface area (Å²) < 4.78 is 5.42. The van der Waals surface area contributed by atoms with Crippen LogP contribution in [0, 0.1) is 0 Å². The third-order valence-electron chi connectivity index (χ3n) is 2.80. The van der Waals surface area contributed by atoms with Crippen LogP contribution in [-0.4, -0.2) is 45.3 Å². The Labute approximate surface area is 107 Å². The maximum atomic E-state index is 12.2. The fourth-order valence-electron chi connectivity index (χ4n) is 2.06. The van der Waals surface area contributed by atoms with E-state index in [0.29, 0.717) is 0 Å². The molecule has 0 aliphatic carbocycles. The van der Waals surface area contributed by atoms with Crippen LogP contribution in [0.2, 0.25) is 0 Å². The van der Waals surface area contributed by atoms with Crippen molar-refractivity contribution in [2.75, 3.05) is 13.6 Å². The summed E-state index contributed by atoms with van der Waals surface area (Å²) in [5.74, 6) is 0.796. The number of nitrogens with zero attached hydrogens (tertiary/aromatic N) is 3. The van der Waals surface area contributed by atoms with Crippen LogP contribution < -0.4 is 0 Å². The summed E-state index contributed by atoms with van der Waals surface area (Å²) in [4.78, 5) is 19.5. The molecular formula is C12H20N4O2. The van der Waals surface area contributed by atoms with Crippen molar-refractivity contribution >= 4 is 6.09 Å². The van der Waals surface area contributed by atoms with Gasteiger partial charge in [0.2, 0.25) is 0 Å². The Morgan fingerprint density at radius 2 is 2.28 bits per heavy atom. The molecule has 2 heterocycles. The van der Waals surface area contributed by atoms with Gasteiger partial charge in [0, 0.05) is 26.0 Å². The summed E-state index contributed by atoms with van der Waals surface area (Å²) in [6.07, 6.45) is 3.98. The zero-order chi connectivity index (χ0) is 13.3. The number of imidazole rings is 1. The second-order valence-corrected chi connectivity index (χ2v) is 5.49. The predicted molar refractivity (Wildman–Crippen MR) is 66.6 cm³/mol. The first kappa shape index (κ1) is 12.9. The third-order valence-corrected chi connectivity index (χ3v) is 2.80. The molecule has 1 atom stereocenters. The summed E-state index contributed by atoms with van der Waals surface area (Å²) >= 11 is 0. The molecule has 1 saturated heterocycles. The van der Waals surface area contributed by atoms with Crippen molar-refractivity contribution < 1.29 is 9.53 Å². The van der Waals surface area contributed by atoms with E-state index in [9.17, 15) is 4.79 Å². The van der Waals surface area contributed by atoms with E-state index >= 15 is 0 Å². The van der Waals surface area contributed by atoms with E-state index in [1.807, 2.05) is 32.8 Å². The highest BCUT2D eigenvalue weighted by atomic mass is 16.6. The molecule has 18 heavy (non-hydrogen) atoms. The number of ether oxygens (including phenoxy) is 1. The molecule has 1 amide bonds. The first-order chi connectivity index (χ1) is 8.38. The molecule has 1 aromatic heterocycles. The number of carbonyl (C=O) groups is 1. The standard InChI is InChI=1S/C12H20N4O2/c1-12(2,3)18-11(17)16-9(5-8-15(16)4)10-13-6-7-14-10/h6-7,9H,5,8H2,1-4H3,(H,13,14)/t9-/m0/s1. The number of aromatic amines is 1. The molecule has 0 unspecified atom stereocenters. The van der Waals surface area contributed by atoms with Crippen LogP contribution in [0.3, 0.4) is 0 Å². The molecule has 0 saturated carbocycles. The minimum absolute atomic E-state index is 0.0696. The van der Waals surface area contributed by atoms with Crippen molar-refractivity contribution in [2.24, 2.45) is 0 Å². The van der Waals surface area contributed by atoms with Crippen LogP contribution in [0.25, 0.3) is 0 Å². The first-order valence-electron chi connectivity index (χ1n) is 6.11. The van der Waals surface area contributed by atoms with Gasteiger partial charge >= 0.3 is 6.09 Å². The average Bonchev–Trinajstić information content (AvgIpc) is 2.82. The molecule has 1 aromatic rings. The van der Waals surface area contributed by atoms with E-state index in [0.717, 1.165) is 18.8 Å². The topological polar surface area (TPSA) is 61.5 Å². The van der Waals surface area contributed by atoms with Gasteiger partial charge in [0.15, 0.2) is 0 Å². The van der Waals surface area contributed by atoms with E-state index in [1.54, 1.807) is 17.4 Å². The summed E-state index contributed by atoms with van der Waals surface area (Å²) in [6, 6.07) is -0.0696. The lowest BCUT2D eigenvalue weighted by Crippen LogP contribution is -2.43. The molecule has 1 aliphatic rings. The zero-order valence-corrected chi connectivity index (χ0v) is 11.3. The van der Waals surface area contributed by atoms with Gasteiger partial charge in [-0.1, -0.05) is 0 Å². The van der Waals surface area contributed by atoms with Crippen LogP contribution >= 0.6 is 0 Å². The largest absolute Gasteiger partial charge is 0.443 e. The predicted octanol–water partition coefficient (Wildman–Crippen LogP) is 1.94. The molecule has 1 fully saturated rings. The van der Waals surface area contributed by atoms with Gasteiger partial charge < -0.3 is 9.72 Å². The van der Waals surface area contributed by atoms with Crippen molar-refractivity contribution in [3.05, 3.63) is 18.2 Å². The van der Waals surface area contributed by atoms with E-state index in [2.05, 4.69) is 9.97 Å². The van der Waals surface area contributed by atoms with E-state index in [-0.39, 0.29) is 12.1 Å². The number of H-pyrrole nitrogens is 1. The van der Waals surface area contributed by atoms with Crippen molar-refractivity contribution in [2.45, 2.75) is 38.8 Å². The van der Waals surface area contributed by atoms with Gasteiger partial charge in [0.1, 0.15) is 17.5 Å². The molecule has 1 aliphatic heterocycles. The molecule has 2 rings (SSSR count). The summed E-state index contributed by atoms with van der Waals surface area (Å²) in [5, 5.41) is 3.51. The fourth-order valence-corrected chi connectivity index (χ4v) is 2.06. The Morgan fingerprint density at radius 1 is 1.56 bits per heavy atom. The second kappa shape index (κ2) is 4.61. The van der Waals surface area contributed by atoms with Crippen LogP contribution in [0.15, 0.2) is 12.4 Å². The SMILES string of the molecule is CN1CC[C@@H](c2ncc[nH]2)N1C(=O)OC(C)(C)C. The summed E-state index contributed by atoms with van der Waals surface area (Å²) in [7, 11) is 1.88. The lowest BCUT2D eigenvalue weighted by atomic mass is 10.2. The Hall–Kier alpha value is -1.56. The average molecular weight is 252 g/mol. The first-order valence-corrected chi connectivity index (χ1v) is 6.11. The van der Waals surface area contributed by atoms with E-state index < -0.39 is 5.60 Å². The van der Waals surface area contributed by atoms with Crippen molar-refractivity contribution in [1.82, 2.24) is 20.0 Å². The zero-order valence-electron chi connectivity index (χ0n) is 11.3. The smallest absolute Gasteiger partial charge is 0.425 e. The fraction of sp³-hybridized carbons (Fsp3) is 0.667. The molecule has 6 heteroatoms. The Kier molecular flexibility index (Phi) is 3.30. The number of hydrogen-bond acceptors (Lipinski definition) is 4. The lowest BCUT2D eigenvalue weighted by Gasteiger charge is -2.31. The van der Waals surface area contributed by atoms with Gasteiger partial charge in [0.05, 0.1) is 0 Å². The van der Waals surface area contributed by atoms with Gasteiger partial charge in [-0.25, -0.2) is 19.8 Å². The van der Waals surface area contributed by atoms with E-state index in [4.69, 9.17) is 4.74 Å². The minimum atomic E-state index is -0.492. The number of nitrogens with one attached hydrogen (secondary N) is 1. The van der Waals surface area contributed by atoms with Gasteiger partial charge in [-0.2, -0.15) is 0 Å². The number of carbonyl (C=O) groups excluding carboxylic acids is 1. The molecule has 0 aromatic carbocycles. The number of rotatable bonds is 1. The quantitative estimate of drug-likeness (QED) is 0.829. The lowest BCUT2D eigenvalue weighted by molar-refractivity contribution is -0.0318. The summed E-state index contributed by atoms with van der Waals surface area (Å²) in [6.45, 7) is 6.40.